The van der Waals surface area contributed by atoms with Gasteiger partial charge in [0.05, 0.1) is 18.3 Å². The van der Waals surface area contributed by atoms with Gasteiger partial charge in [0.2, 0.25) is 0 Å². The maximum atomic E-state index is 12.0. The molecule has 2 rings (SSSR count). The molecule has 88 valence electrons. The van der Waals surface area contributed by atoms with Gasteiger partial charge in [0.15, 0.2) is 5.43 Å². The standard InChI is InChI=1S/C13H13NO2S/c1-8(16-2)10-7-11(15)9-5-4-6-12(17-3)13(9)14-10/h4-7H,1H2,2-3H3,(H,14,15). The number of pyridine rings is 1. The molecule has 1 aromatic carbocycles. The molecule has 0 radical (unpaired) electrons. The molecule has 0 bridgehead atoms. The van der Waals surface area contributed by atoms with Gasteiger partial charge in [-0.2, -0.15) is 0 Å². The molecule has 0 aliphatic rings. The molecule has 1 aromatic heterocycles. The van der Waals surface area contributed by atoms with E-state index in [1.54, 1.807) is 11.8 Å². The van der Waals surface area contributed by atoms with Crippen LogP contribution in [0.25, 0.3) is 16.7 Å². The van der Waals surface area contributed by atoms with E-state index < -0.39 is 0 Å². The maximum absolute atomic E-state index is 12.0. The van der Waals surface area contributed by atoms with Crippen molar-refractivity contribution in [2.75, 3.05) is 13.4 Å². The van der Waals surface area contributed by atoms with E-state index in [1.165, 1.54) is 13.2 Å². The van der Waals surface area contributed by atoms with Gasteiger partial charge in [0, 0.05) is 16.3 Å². The molecule has 1 heterocycles. The lowest BCUT2D eigenvalue weighted by Gasteiger charge is -2.08. The Morgan fingerprint density at radius 1 is 1.47 bits per heavy atom. The minimum Gasteiger partial charge on any atom is -0.495 e. The van der Waals surface area contributed by atoms with Crippen molar-refractivity contribution in [2.45, 2.75) is 4.90 Å². The fourth-order valence-electron chi connectivity index (χ4n) is 1.68. The first-order chi connectivity index (χ1) is 8.17. The van der Waals surface area contributed by atoms with Crippen LogP contribution in [0.1, 0.15) is 5.69 Å². The van der Waals surface area contributed by atoms with Gasteiger partial charge in [-0.25, -0.2) is 0 Å². The first-order valence-electron chi connectivity index (χ1n) is 5.10. The zero-order valence-corrected chi connectivity index (χ0v) is 10.6. The van der Waals surface area contributed by atoms with Crippen molar-refractivity contribution in [1.82, 2.24) is 4.98 Å². The van der Waals surface area contributed by atoms with Crippen LogP contribution in [-0.4, -0.2) is 18.3 Å². The number of aromatic nitrogens is 1. The van der Waals surface area contributed by atoms with Crippen molar-refractivity contribution in [3.63, 3.8) is 0 Å². The van der Waals surface area contributed by atoms with Crippen LogP contribution in [0.3, 0.4) is 0 Å². The first-order valence-corrected chi connectivity index (χ1v) is 6.33. The van der Waals surface area contributed by atoms with Gasteiger partial charge in [0.1, 0.15) is 5.76 Å². The Bertz CT molecular complexity index is 631. The number of fused-ring (bicyclic) bond motifs is 1. The predicted octanol–water partition coefficient (Wildman–Crippen LogP) is 2.87. The molecule has 0 spiro atoms. The molecule has 0 saturated carbocycles. The van der Waals surface area contributed by atoms with Crippen LogP contribution in [0.2, 0.25) is 0 Å². The number of ether oxygens (including phenoxy) is 1. The molecule has 0 fully saturated rings. The van der Waals surface area contributed by atoms with Crippen molar-refractivity contribution in [2.24, 2.45) is 0 Å². The molecule has 0 unspecified atom stereocenters. The van der Waals surface area contributed by atoms with E-state index >= 15 is 0 Å². The Labute approximate surface area is 104 Å². The fourth-order valence-corrected chi connectivity index (χ4v) is 2.26. The lowest BCUT2D eigenvalue weighted by Crippen LogP contribution is -2.05. The number of benzene rings is 1. The summed E-state index contributed by atoms with van der Waals surface area (Å²) >= 11 is 1.59. The first kappa shape index (κ1) is 11.8. The number of hydrogen-bond acceptors (Lipinski definition) is 3. The molecule has 3 nitrogen and oxygen atoms in total. The van der Waals surface area contributed by atoms with E-state index in [0.717, 1.165) is 10.4 Å². The smallest absolute Gasteiger partial charge is 0.190 e. The van der Waals surface area contributed by atoms with Crippen LogP contribution in [0.15, 0.2) is 40.5 Å². The van der Waals surface area contributed by atoms with Gasteiger partial charge in [-0.3, -0.25) is 4.79 Å². The van der Waals surface area contributed by atoms with Crippen molar-refractivity contribution in [1.29, 1.82) is 0 Å². The van der Waals surface area contributed by atoms with Crippen LogP contribution >= 0.6 is 11.8 Å². The minimum absolute atomic E-state index is 0.0251. The molecule has 0 aliphatic heterocycles. The SMILES string of the molecule is C=C(OC)c1cc(=O)c2cccc(SC)c2[nH]1. The molecule has 0 saturated heterocycles. The van der Waals surface area contributed by atoms with E-state index in [9.17, 15) is 4.79 Å². The predicted molar refractivity (Wildman–Crippen MR) is 72.4 cm³/mol. The van der Waals surface area contributed by atoms with Crippen molar-refractivity contribution >= 4 is 28.4 Å². The lowest BCUT2D eigenvalue weighted by molar-refractivity contribution is 0.369. The van der Waals surface area contributed by atoms with Gasteiger partial charge in [-0.05, 0) is 18.4 Å². The average molecular weight is 247 g/mol. The van der Waals surface area contributed by atoms with Crippen LogP contribution in [-0.2, 0) is 4.74 Å². The zero-order chi connectivity index (χ0) is 12.4. The summed E-state index contributed by atoms with van der Waals surface area (Å²) in [5, 5.41) is 0.685. The average Bonchev–Trinajstić information content (AvgIpc) is 2.37. The molecular weight excluding hydrogens is 234 g/mol. The van der Waals surface area contributed by atoms with Gasteiger partial charge in [-0.15, -0.1) is 11.8 Å². The Balaban J connectivity index is 2.79. The van der Waals surface area contributed by atoms with E-state index in [0.29, 0.717) is 16.8 Å². The van der Waals surface area contributed by atoms with Gasteiger partial charge in [0.25, 0.3) is 0 Å². The molecule has 1 N–H and O–H groups in total. The molecule has 0 amide bonds. The van der Waals surface area contributed by atoms with E-state index in [4.69, 9.17) is 4.74 Å². The summed E-state index contributed by atoms with van der Waals surface area (Å²) in [6.07, 6.45) is 1.98. The summed E-state index contributed by atoms with van der Waals surface area (Å²) in [6.45, 7) is 3.75. The van der Waals surface area contributed by atoms with Crippen molar-refractivity contribution in [3.8, 4) is 0 Å². The molecule has 0 atom stereocenters. The van der Waals surface area contributed by atoms with Crippen LogP contribution in [0.4, 0.5) is 0 Å². The summed E-state index contributed by atoms with van der Waals surface area (Å²) in [6, 6.07) is 7.18. The van der Waals surface area contributed by atoms with Crippen molar-refractivity contribution < 1.29 is 4.74 Å². The zero-order valence-electron chi connectivity index (χ0n) is 9.74. The number of methoxy groups -OCH3 is 1. The molecular formula is C13H13NO2S. The third-order valence-corrected chi connectivity index (χ3v) is 3.37. The topological polar surface area (TPSA) is 42.1 Å². The molecule has 4 heteroatoms. The van der Waals surface area contributed by atoms with E-state index in [-0.39, 0.29) is 5.43 Å². The maximum Gasteiger partial charge on any atom is 0.190 e. The lowest BCUT2D eigenvalue weighted by atomic mass is 10.2. The largest absolute Gasteiger partial charge is 0.495 e. The number of hydrogen-bond donors (Lipinski definition) is 1. The number of para-hydroxylation sites is 1. The summed E-state index contributed by atoms with van der Waals surface area (Å²) in [5.41, 5.74) is 1.43. The van der Waals surface area contributed by atoms with Crippen molar-refractivity contribution in [3.05, 3.63) is 46.8 Å². The fraction of sp³-hybridized carbons (Fsp3) is 0.154. The summed E-state index contributed by atoms with van der Waals surface area (Å²) in [7, 11) is 1.53. The van der Waals surface area contributed by atoms with E-state index in [1.807, 2.05) is 24.5 Å². The van der Waals surface area contributed by atoms with Gasteiger partial charge >= 0.3 is 0 Å². The summed E-state index contributed by atoms with van der Waals surface area (Å²) in [4.78, 5) is 16.2. The number of nitrogens with one attached hydrogen (secondary N) is 1. The highest BCUT2D eigenvalue weighted by Crippen LogP contribution is 2.24. The third-order valence-electron chi connectivity index (χ3n) is 2.59. The quantitative estimate of drug-likeness (QED) is 0.670. The number of H-pyrrole nitrogens is 1. The second-order valence-corrected chi connectivity index (χ2v) is 4.41. The monoisotopic (exact) mass is 247 g/mol. The minimum atomic E-state index is -0.0251. The van der Waals surface area contributed by atoms with E-state index in [2.05, 4.69) is 11.6 Å². The third kappa shape index (κ3) is 2.08. The second kappa shape index (κ2) is 4.67. The summed E-state index contributed by atoms with van der Waals surface area (Å²) < 4.78 is 5.04. The summed E-state index contributed by atoms with van der Waals surface area (Å²) in [5.74, 6) is 0.458. The Hall–Kier alpha value is -1.68. The molecule has 2 aromatic rings. The molecule has 0 aliphatic carbocycles. The molecule has 17 heavy (non-hydrogen) atoms. The normalized spacial score (nSPS) is 10.5. The highest BCUT2D eigenvalue weighted by Gasteiger charge is 2.07. The Morgan fingerprint density at radius 3 is 2.88 bits per heavy atom. The van der Waals surface area contributed by atoms with Crippen LogP contribution < -0.4 is 5.43 Å². The number of aromatic amines is 1. The van der Waals surface area contributed by atoms with Gasteiger partial charge < -0.3 is 9.72 Å². The second-order valence-electron chi connectivity index (χ2n) is 3.56. The number of rotatable bonds is 3. The highest BCUT2D eigenvalue weighted by molar-refractivity contribution is 7.98. The van der Waals surface area contributed by atoms with Crippen LogP contribution in [0.5, 0.6) is 0 Å². The van der Waals surface area contributed by atoms with Gasteiger partial charge in [-0.1, -0.05) is 12.6 Å². The highest BCUT2D eigenvalue weighted by atomic mass is 32.2. The Kier molecular flexibility index (Phi) is 3.24. The Morgan fingerprint density at radius 2 is 2.24 bits per heavy atom. The number of thioether (sulfide) groups is 1. The van der Waals surface area contributed by atoms with Crippen LogP contribution in [0, 0.1) is 0 Å².